The van der Waals surface area contributed by atoms with Crippen molar-refractivity contribution in [1.29, 1.82) is 0 Å². The van der Waals surface area contributed by atoms with E-state index in [0.717, 1.165) is 25.9 Å². The van der Waals surface area contributed by atoms with Crippen molar-refractivity contribution in [1.82, 2.24) is 14.9 Å². The molecule has 2 saturated heterocycles. The van der Waals surface area contributed by atoms with Crippen LogP contribution in [0.3, 0.4) is 0 Å². The number of aromatic nitrogens is 2. The van der Waals surface area contributed by atoms with Crippen molar-refractivity contribution in [3.8, 4) is 0 Å². The van der Waals surface area contributed by atoms with Gasteiger partial charge < -0.3 is 9.80 Å². The van der Waals surface area contributed by atoms with Gasteiger partial charge in [0.05, 0.1) is 11.5 Å². The first kappa shape index (κ1) is 17.1. The molecule has 3 heterocycles. The Morgan fingerprint density at radius 3 is 2.79 bits per heavy atom. The van der Waals surface area contributed by atoms with Gasteiger partial charge in [0, 0.05) is 32.2 Å². The molecule has 2 unspecified atom stereocenters. The molecule has 0 N–H and O–H groups in total. The van der Waals surface area contributed by atoms with Gasteiger partial charge in [-0.25, -0.2) is 18.4 Å². The van der Waals surface area contributed by atoms with Crippen LogP contribution in [0.25, 0.3) is 0 Å². The minimum absolute atomic E-state index is 0.0716. The summed E-state index contributed by atoms with van der Waals surface area (Å²) in [5, 5.41) is 0. The average molecular weight is 352 g/mol. The van der Waals surface area contributed by atoms with Gasteiger partial charge in [-0.3, -0.25) is 4.79 Å². The molecule has 2 atom stereocenters. The lowest BCUT2D eigenvalue weighted by Gasteiger charge is -2.31. The fraction of sp³-hybridized carbons (Fsp3) is 0.688. The van der Waals surface area contributed by atoms with E-state index in [1.54, 1.807) is 6.07 Å². The van der Waals surface area contributed by atoms with Crippen LogP contribution >= 0.6 is 0 Å². The minimum Gasteiger partial charge on any atom is -0.356 e. The quantitative estimate of drug-likeness (QED) is 0.806. The molecule has 1 aromatic heterocycles. The molecule has 0 bridgehead atoms. The first-order chi connectivity index (χ1) is 11.4. The number of likely N-dealkylation sites (tertiary alicyclic amines) is 1. The van der Waals surface area contributed by atoms with Gasteiger partial charge in [-0.1, -0.05) is 6.92 Å². The van der Waals surface area contributed by atoms with Crippen molar-refractivity contribution in [3.63, 3.8) is 0 Å². The van der Waals surface area contributed by atoms with Crippen molar-refractivity contribution in [3.05, 3.63) is 18.1 Å². The van der Waals surface area contributed by atoms with Crippen molar-refractivity contribution in [2.45, 2.75) is 32.2 Å². The summed E-state index contributed by atoms with van der Waals surface area (Å²) < 4.78 is 23.3. The smallest absolute Gasteiger partial charge is 0.272 e. The van der Waals surface area contributed by atoms with Crippen molar-refractivity contribution in [2.24, 2.45) is 5.92 Å². The molecule has 3 rings (SSSR count). The summed E-state index contributed by atoms with van der Waals surface area (Å²) in [7, 11) is -1.13. The molecule has 2 aliphatic rings. The zero-order valence-corrected chi connectivity index (χ0v) is 15.0. The van der Waals surface area contributed by atoms with Crippen LogP contribution in [-0.2, 0) is 9.84 Å². The van der Waals surface area contributed by atoms with E-state index in [1.165, 1.54) is 6.33 Å². The maximum absolute atomic E-state index is 12.7. The molecule has 8 heteroatoms. The predicted molar refractivity (Wildman–Crippen MR) is 91.8 cm³/mol. The van der Waals surface area contributed by atoms with E-state index in [1.807, 2.05) is 16.8 Å². The number of sulfone groups is 1. The topological polar surface area (TPSA) is 83.5 Å². The molecule has 132 valence electrons. The summed E-state index contributed by atoms with van der Waals surface area (Å²) in [6.07, 6.45) is 4.15. The van der Waals surface area contributed by atoms with E-state index < -0.39 is 9.84 Å². The van der Waals surface area contributed by atoms with Crippen LogP contribution in [0.2, 0.25) is 0 Å². The van der Waals surface area contributed by atoms with Gasteiger partial charge in [0.2, 0.25) is 0 Å². The largest absolute Gasteiger partial charge is 0.356 e. The molecule has 2 fully saturated rings. The van der Waals surface area contributed by atoms with E-state index in [2.05, 4.69) is 16.9 Å². The summed E-state index contributed by atoms with van der Waals surface area (Å²) in [4.78, 5) is 24.7. The van der Waals surface area contributed by atoms with E-state index in [-0.39, 0.29) is 23.5 Å². The Balaban J connectivity index is 1.75. The second-order valence-electron chi connectivity index (χ2n) is 6.93. The summed E-state index contributed by atoms with van der Waals surface area (Å²) in [5.74, 6) is 1.39. The Morgan fingerprint density at radius 2 is 2.12 bits per heavy atom. The average Bonchev–Trinajstić information content (AvgIpc) is 2.93. The number of rotatable bonds is 3. The second-order valence-corrected chi connectivity index (χ2v) is 9.16. The fourth-order valence-electron chi connectivity index (χ4n) is 3.46. The first-order valence-electron chi connectivity index (χ1n) is 8.40. The number of anilines is 1. The van der Waals surface area contributed by atoms with Gasteiger partial charge in [0.15, 0.2) is 9.84 Å². The van der Waals surface area contributed by atoms with Gasteiger partial charge in [0.1, 0.15) is 17.8 Å². The molecule has 1 amide bonds. The SMILES string of the molecule is CC1CCCN(C(=O)c2cc(N(C)C3CCS(=O)(=O)C3)ncn2)C1. The third-order valence-electron chi connectivity index (χ3n) is 4.93. The van der Waals surface area contributed by atoms with E-state index >= 15 is 0 Å². The molecule has 24 heavy (non-hydrogen) atoms. The molecule has 7 nitrogen and oxygen atoms in total. The normalized spacial score (nSPS) is 26.3. The Kier molecular flexibility index (Phi) is 4.76. The number of amides is 1. The number of nitrogens with zero attached hydrogens (tertiary/aromatic N) is 4. The highest BCUT2D eigenvalue weighted by Crippen LogP contribution is 2.22. The van der Waals surface area contributed by atoms with E-state index in [4.69, 9.17) is 0 Å². The number of hydrogen-bond donors (Lipinski definition) is 0. The highest BCUT2D eigenvalue weighted by molar-refractivity contribution is 7.91. The molecule has 0 saturated carbocycles. The molecule has 2 aliphatic heterocycles. The van der Waals surface area contributed by atoms with E-state index in [0.29, 0.717) is 23.9 Å². The van der Waals surface area contributed by atoms with Crippen LogP contribution in [0.4, 0.5) is 5.82 Å². The van der Waals surface area contributed by atoms with Gasteiger partial charge >= 0.3 is 0 Å². The Bertz CT molecular complexity index is 722. The maximum atomic E-state index is 12.7. The minimum atomic E-state index is -2.96. The number of piperidine rings is 1. The molecule has 0 spiro atoms. The standard InChI is InChI=1S/C16H24N4O3S/c1-12-4-3-6-20(9-12)16(21)14-8-15(18-11-17-14)19(2)13-5-7-24(22,23)10-13/h8,11-13H,3-7,9-10H2,1-2H3. The molecule has 0 aliphatic carbocycles. The molecular formula is C16H24N4O3S. The first-order valence-corrected chi connectivity index (χ1v) is 10.2. The van der Waals surface area contributed by atoms with Gasteiger partial charge in [-0.2, -0.15) is 0 Å². The van der Waals surface area contributed by atoms with Gasteiger partial charge in [-0.05, 0) is 25.2 Å². The second kappa shape index (κ2) is 6.66. The molecular weight excluding hydrogens is 328 g/mol. The monoisotopic (exact) mass is 352 g/mol. The van der Waals surface area contributed by atoms with Crippen molar-refractivity contribution >= 4 is 21.6 Å². The zero-order chi connectivity index (χ0) is 17.3. The van der Waals surface area contributed by atoms with Gasteiger partial charge in [-0.15, -0.1) is 0 Å². The Morgan fingerprint density at radius 1 is 1.33 bits per heavy atom. The van der Waals surface area contributed by atoms with Crippen LogP contribution in [0.15, 0.2) is 12.4 Å². The molecule has 0 radical (unpaired) electrons. The third-order valence-corrected chi connectivity index (χ3v) is 6.68. The lowest BCUT2D eigenvalue weighted by molar-refractivity contribution is 0.0677. The number of hydrogen-bond acceptors (Lipinski definition) is 6. The zero-order valence-electron chi connectivity index (χ0n) is 14.2. The van der Waals surface area contributed by atoms with Crippen LogP contribution in [0, 0.1) is 5.92 Å². The van der Waals surface area contributed by atoms with Crippen LogP contribution in [0.5, 0.6) is 0 Å². The fourth-order valence-corrected chi connectivity index (χ4v) is 5.24. The van der Waals surface area contributed by atoms with Crippen LogP contribution < -0.4 is 4.90 Å². The summed E-state index contributed by atoms with van der Waals surface area (Å²) in [6, 6.07) is 1.58. The Hall–Kier alpha value is -1.70. The van der Waals surface area contributed by atoms with Gasteiger partial charge in [0.25, 0.3) is 5.91 Å². The lowest BCUT2D eigenvalue weighted by atomic mass is 10.00. The lowest BCUT2D eigenvalue weighted by Crippen LogP contribution is -2.39. The van der Waals surface area contributed by atoms with Crippen LogP contribution in [-0.4, -0.2) is 66.9 Å². The summed E-state index contributed by atoms with van der Waals surface area (Å²) in [5.41, 5.74) is 0.377. The third kappa shape index (κ3) is 3.68. The van der Waals surface area contributed by atoms with Crippen molar-refractivity contribution in [2.75, 3.05) is 36.5 Å². The number of carbonyl (C=O) groups excluding carboxylic acids is 1. The highest BCUT2D eigenvalue weighted by Gasteiger charge is 2.32. The molecule has 1 aromatic rings. The number of carbonyl (C=O) groups is 1. The highest BCUT2D eigenvalue weighted by atomic mass is 32.2. The maximum Gasteiger partial charge on any atom is 0.272 e. The predicted octanol–water partition coefficient (Wildman–Crippen LogP) is 0.972. The summed E-state index contributed by atoms with van der Waals surface area (Å²) >= 11 is 0. The summed E-state index contributed by atoms with van der Waals surface area (Å²) in [6.45, 7) is 3.67. The Labute approximate surface area is 143 Å². The van der Waals surface area contributed by atoms with Crippen molar-refractivity contribution < 1.29 is 13.2 Å². The van der Waals surface area contributed by atoms with Crippen LogP contribution in [0.1, 0.15) is 36.7 Å². The molecule has 0 aromatic carbocycles. The van der Waals surface area contributed by atoms with E-state index in [9.17, 15) is 13.2 Å².